The summed E-state index contributed by atoms with van der Waals surface area (Å²) in [4.78, 5) is 0. The van der Waals surface area contributed by atoms with Crippen molar-refractivity contribution in [3.63, 3.8) is 0 Å². The molecule has 0 bridgehead atoms. The first kappa shape index (κ1) is 9.88. The predicted molar refractivity (Wildman–Crippen MR) is 39.4 cm³/mol. The summed E-state index contributed by atoms with van der Waals surface area (Å²) in [7, 11) is 1.37. The number of aliphatic hydroxyl groups excluding tert-OH is 3. The van der Waals surface area contributed by atoms with Gasteiger partial charge in [-0.25, -0.2) is 0 Å². The first-order chi connectivity index (χ1) is 5.57. The fraction of sp³-hybridized carbons (Fsp3) is 1.00. The van der Waals surface area contributed by atoms with Crippen molar-refractivity contribution in [1.82, 2.24) is 0 Å². The Morgan fingerprint density at radius 1 is 1.08 bits per heavy atom. The van der Waals surface area contributed by atoms with E-state index in [9.17, 15) is 15.3 Å². The topological polar surface area (TPSA) is 79.2 Å². The molecule has 1 fully saturated rings. The Labute approximate surface area is 70.5 Å². The van der Waals surface area contributed by atoms with Gasteiger partial charge in [-0.05, 0) is 6.92 Å². The molecule has 12 heavy (non-hydrogen) atoms. The van der Waals surface area contributed by atoms with Gasteiger partial charge in [0.1, 0.15) is 18.3 Å². The minimum Gasteiger partial charge on any atom is -0.388 e. The molecule has 3 N–H and O–H groups in total. The molecule has 1 rings (SSSR count). The third-order valence-electron chi connectivity index (χ3n) is 2.04. The number of ether oxygens (including phenoxy) is 2. The Hall–Kier alpha value is -0.200. The average molecular weight is 178 g/mol. The first-order valence-corrected chi connectivity index (χ1v) is 3.80. The van der Waals surface area contributed by atoms with Crippen LogP contribution in [0, 0.1) is 0 Å². The third kappa shape index (κ3) is 1.60. The van der Waals surface area contributed by atoms with Crippen LogP contribution in [0.15, 0.2) is 0 Å². The zero-order valence-electron chi connectivity index (χ0n) is 7.04. The van der Waals surface area contributed by atoms with E-state index >= 15 is 0 Å². The molecule has 1 aliphatic heterocycles. The van der Waals surface area contributed by atoms with Gasteiger partial charge in [0.2, 0.25) is 0 Å². The summed E-state index contributed by atoms with van der Waals surface area (Å²) in [6, 6.07) is 0. The van der Waals surface area contributed by atoms with Crippen molar-refractivity contribution < 1.29 is 24.8 Å². The highest BCUT2D eigenvalue weighted by atomic mass is 16.7. The summed E-state index contributed by atoms with van der Waals surface area (Å²) in [5.41, 5.74) is 0. The van der Waals surface area contributed by atoms with E-state index in [-0.39, 0.29) is 0 Å². The summed E-state index contributed by atoms with van der Waals surface area (Å²) in [5.74, 6) is 0. The second-order valence-electron chi connectivity index (χ2n) is 2.92. The van der Waals surface area contributed by atoms with Crippen molar-refractivity contribution >= 4 is 0 Å². The van der Waals surface area contributed by atoms with E-state index in [1.165, 1.54) is 7.11 Å². The standard InChI is InChI=1S/C7H14O5/c1-3-4(8)5(9)6(10)7(11-2)12-3/h3-10H,1-2H3/t3-,4-,5-,6-,7-/m1/s1. The van der Waals surface area contributed by atoms with E-state index in [1.54, 1.807) is 6.92 Å². The second-order valence-corrected chi connectivity index (χ2v) is 2.92. The molecule has 5 nitrogen and oxygen atoms in total. The lowest BCUT2D eigenvalue weighted by molar-refractivity contribution is -0.286. The van der Waals surface area contributed by atoms with Gasteiger partial charge in [0.25, 0.3) is 0 Å². The Balaban J connectivity index is 2.63. The molecule has 0 aromatic heterocycles. The van der Waals surface area contributed by atoms with Crippen LogP contribution in [0.5, 0.6) is 0 Å². The zero-order chi connectivity index (χ0) is 9.30. The summed E-state index contributed by atoms with van der Waals surface area (Å²) in [6.45, 7) is 1.60. The Kier molecular flexibility index (Phi) is 3.03. The van der Waals surface area contributed by atoms with Gasteiger partial charge in [-0.2, -0.15) is 0 Å². The van der Waals surface area contributed by atoms with E-state index in [0.717, 1.165) is 0 Å². The molecule has 0 aliphatic carbocycles. The van der Waals surface area contributed by atoms with E-state index in [4.69, 9.17) is 9.47 Å². The van der Waals surface area contributed by atoms with Crippen LogP contribution < -0.4 is 0 Å². The Bertz CT molecular complexity index is 146. The molecule has 0 radical (unpaired) electrons. The van der Waals surface area contributed by atoms with Gasteiger partial charge in [-0.15, -0.1) is 0 Å². The molecule has 0 aromatic carbocycles. The lowest BCUT2D eigenvalue weighted by Gasteiger charge is -2.38. The smallest absolute Gasteiger partial charge is 0.186 e. The monoisotopic (exact) mass is 178 g/mol. The number of methoxy groups -OCH3 is 1. The maximum absolute atomic E-state index is 9.27. The van der Waals surface area contributed by atoms with Crippen LogP contribution in [0.25, 0.3) is 0 Å². The number of hydrogen-bond acceptors (Lipinski definition) is 5. The van der Waals surface area contributed by atoms with E-state index in [0.29, 0.717) is 0 Å². The molecular weight excluding hydrogens is 164 g/mol. The lowest BCUT2D eigenvalue weighted by atomic mass is 10.0. The van der Waals surface area contributed by atoms with Crippen molar-refractivity contribution in [2.75, 3.05) is 7.11 Å². The van der Waals surface area contributed by atoms with Crippen molar-refractivity contribution in [1.29, 1.82) is 0 Å². The van der Waals surface area contributed by atoms with E-state index < -0.39 is 30.7 Å². The van der Waals surface area contributed by atoms with Gasteiger partial charge in [-0.1, -0.05) is 0 Å². The molecule has 0 unspecified atom stereocenters. The Morgan fingerprint density at radius 3 is 2.17 bits per heavy atom. The van der Waals surface area contributed by atoms with Crippen molar-refractivity contribution in [3.8, 4) is 0 Å². The Morgan fingerprint density at radius 2 is 1.67 bits per heavy atom. The fourth-order valence-corrected chi connectivity index (χ4v) is 1.21. The highest BCUT2D eigenvalue weighted by Crippen LogP contribution is 2.20. The molecular formula is C7H14O5. The number of hydrogen-bond donors (Lipinski definition) is 3. The molecule has 0 amide bonds. The van der Waals surface area contributed by atoms with Crippen LogP contribution >= 0.6 is 0 Å². The minimum absolute atomic E-state index is 0.534. The normalized spacial score (nSPS) is 49.2. The van der Waals surface area contributed by atoms with Crippen LogP contribution in [0.4, 0.5) is 0 Å². The van der Waals surface area contributed by atoms with Gasteiger partial charge >= 0.3 is 0 Å². The van der Waals surface area contributed by atoms with Gasteiger partial charge in [0, 0.05) is 7.11 Å². The molecule has 0 spiro atoms. The molecule has 1 heterocycles. The molecule has 0 aromatic rings. The second kappa shape index (κ2) is 3.68. The summed E-state index contributed by atoms with van der Waals surface area (Å²) in [5, 5.41) is 27.8. The van der Waals surface area contributed by atoms with Crippen LogP contribution in [0.1, 0.15) is 6.92 Å². The molecule has 1 saturated heterocycles. The molecule has 0 saturated carbocycles. The lowest BCUT2D eigenvalue weighted by Crippen LogP contribution is -2.57. The van der Waals surface area contributed by atoms with E-state index in [2.05, 4.69) is 0 Å². The molecule has 1 aliphatic rings. The number of rotatable bonds is 1. The number of aliphatic hydroxyl groups is 3. The summed E-state index contributed by atoms with van der Waals surface area (Å²) in [6.07, 6.45) is -4.86. The molecule has 5 heteroatoms. The van der Waals surface area contributed by atoms with Crippen molar-refractivity contribution in [2.24, 2.45) is 0 Å². The highest BCUT2D eigenvalue weighted by Gasteiger charge is 2.41. The highest BCUT2D eigenvalue weighted by molar-refractivity contribution is 4.86. The van der Waals surface area contributed by atoms with E-state index in [1.807, 2.05) is 0 Å². The van der Waals surface area contributed by atoms with Crippen molar-refractivity contribution in [3.05, 3.63) is 0 Å². The maximum atomic E-state index is 9.27. The zero-order valence-corrected chi connectivity index (χ0v) is 7.04. The minimum atomic E-state index is -1.21. The summed E-state index contributed by atoms with van der Waals surface area (Å²) < 4.78 is 9.80. The van der Waals surface area contributed by atoms with Gasteiger partial charge in [-0.3, -0.25) is 0 Å². The van der Waals surface area contributed by atoms with Gasteiger partial charge in [0.15, 0.2) is 6.29 Å². The van der Waals surface area contributed by atoms with Crippen LogP contribution in [0.3, 0.4) is 0 Å². The van der Waals surface area contributed by atoms with Crippen LogP contribution in [0.2, 0.25) is 0 Å². The van der Waals surface area contributed by atoms with Crippen LogP contribution in [-0.4, -0.2) is 53.1 Å². The molecule has 72 valence electrons. The first-order valence-electron chi connectivity index (χ1n) is 3.80. The molecule has 5 atom stereocenters. The van der Waals surface area contributed by atoms with Crippen molar-refractivity contribution in [2.45, 2.75) is 37.6 Å². The summed E-state index contributed by atoms with van der Waals surface area (Å²) >= 11 is 0. The van der Waals surface area contributed by atoms with Gasteiger partial charge < -0.3 is 24.8 Å². The largest absolute Gasteiger partial charge is 0.388 e. The van der Waals surface area contributed by atoms with Crippen LogP contribution in [-0.2, 0) is 9.47 Å². The SMILES string of the molecule is CO[C@@H]1O[C@H](C)[C@@H](O)[C@@H](O)[C@H]1O. The fourth-order valence-electron chi connectivity index (χ4n) is 1.21. The predicted octanol–water partition coefficient (Wildman–Crippen LogP) is -1.54. The quantitative estimate of drug-likeness (QED) is 0.453. The third-order valence-corrected chi connectivity index (χ3v) is 2.04. The average Bonchev–Trinajstić information content (AvgIpc) is 2.08. The van der Waals surface area contributed by atoms with Gasteiger partial charge in [0.05, 0.1) is 6.10 Å². The maximum Gasteiger partial charge on any atom is 0.186 e.